The first-order valence-corrected chi connectivity index (χ1v) is 6.91. The Morgan fingerprint density at radius 1 is 1.14 bits per heavy atom. The first-order valence-electron chi connectivity index (χ1n) is 4.41. The molecule has 0 fully saturated rings. The monoisotopic (exact) mass is 382 g/mol. The van der Waals surface area contributed by atoms with Crippen LogP contribution >= 0.6 is 47.8 Å². The minimum Gasteiger partial charge on any atom is -0.0833 e. The van der Waals surface area contributed by atoms with Gasteiger partial charge in [0.05, 0.1) is 0 Å². The van der Waals surface area contributed by atoms with Crippen LogP contribution in [0.25, 0.3) is 0 Å². The predicted octanol–water partition coefficient (Wildman–Crippen LogP) is 5.69. The fourth-order valence-electron chi connectivity index (χ4n) is 1.18. The number of alkyl halides is 1. The molecule has 1 aromatic carbocycles. The molecule has 14 heavy (non-hydrogen) atoms. The van der Waals surface area contributed by atoms with E-state index in [-0.39, 0.29) is 5.41 Å². The van der Waals surface area contributed by atoms with Crippen molar-refractivity contribution < 1.29 is 0 Å². The molecule has 0 bridgehead atoms. The summed E-state index contributed by atoms with van der Waals surface area (Å²) >= 11 is 10.8. The van der Waals surface area contributed by atoms with Crippen LogP contribution < -0.4 is 0 Å². The maximum Gasteiger partial charge on any atom is 0.0455 e. The average molecular weight is 385 g/mol. The zero-order chi connectivity index (χ0) is 10.9. The molecule has 78 valence electrons. The van der Waals surface area contributed by atoms with Gasteiger partial charge in [0.15, 0.2) is 0 Å². The lowest BCUT2D eigenvalue weighted by Crippen LogP contribution is -2.13. The van der Waals surface area contributed by atoms with Crippen molar-refractivity contribution in [3.05, 3.63) is 32.7 Å². The van der Waals surface area contributed by atoms with Crippen LogP contribution in [0.15, 0.2) is 27.1 Å². The Morgan fingerprint density at radius 2 is 1.71 bits per heavy atom. The van der Waals surface area contributed by atoms with E-state index in [1.54, 1.807) is 0 Å². The van der Waals surface area contributed by atoms with Gasteiger partial charge in [-0.3, -0.25) is 0 Å². The minimum atomic E-state index is 0.212. The Hall–Kier alpha value is 0.660. The molecule has 0 saturated heterocycles. The predicted molar refractivity (Wildman–Crippen MR) is 73.0 cm³/mol. The molecule has 0 N–H and O–H groups in total. The van der Waals surface area contributed by atoms with E-state index in [0.29, 0.717) is 4.83 Å². The van der Waals surface area contributed by atoms with Crippen molar-refractivity contribution in [3.63, 3.8) is 0 Å². The summed E-state index contributed by atoms with van der Waals surface area (Å²) in [6, 6.07) is 6.25. The van der Waals surface area contributed by atoms with Crippen molar-refractivity contribution in [2.24, 2.45) is 5.41 Å². The van der Waals surface area contributed by atoms with E-state index in [0.717, 1.165) is 8.95 Å². The lowest BCUT2D eigenvalue weighted by atomic mass is 9.88. The molecule has 1 aromatic rings. The Kier molecular flexibility index (Phi) is 4.24. The second-order valence-corrected chi connectivity index (χ2v) is 7.08. The zero-order valence-electron chi connectivity index (χ0n) is 8.44. The van der Waals surface area contributed by atoms with E-state index >= 15 is 0 Å². The number of rotatable bonds is 1. The van der Waals surface area contributed by atoms with Gasteiger partial charge in [-0.2, -0.15) is 0 Å². The SMILES string of the molecule is CC(C)(C)C(Br)c1cc(Br)ccc1Br. The molecule has 3 heteroatoms. The Morgan fingerprint density at radius 3 is 2.21 bits per heavy atom. The van der Waals surface area contributed by atoms with E-state index in [1.165, 1.54) is 5.56 Å². The third kappa shape index (κ3) is 3.07. The van der Waals surface area contributed by atoms with Gasteiger partial charge in [0, 0.05) is 13.8 Å². The molecule has 0 aliphatic rings. The van der Waals surface area contributed by atoms with Gasteiger partial charge in [-0.05, 0) is 29.2 Å². The third-order valence-electron chi connectivity index (χ3n) is 1.99. The van der Waals surface area contributed by atoms with Crippen LogP contribution in [0.3, 0.4) is 0 Å². The summed E-state index contributed by atoms with van der Waals surface area (Å²) in [7, 11) is 0. The number of hydrogen-bond acceptors (Lipinski definition) is 0. The molecule has 0 radical (unpaired) electrons. The van der Waals surface area contributed by atoms with Crippen molar-refractivity contribution in [2.45, 2.75) is 25.6 Å². The second-order valence-electron chi connectivity index (χ2n) is 4.39. The fraction of sp³-hybridized carbons (Fsp3) is 0.455. The number of benzene rings is 1. The average Bonchev–Trinajstić information content (AvgIpc) is 2.06. The van der Waals surface area contributed by atoms with Gasteiger partial charge in [-0.1, -0.05) is 68.6 Å². The number of hydrogen-bond donors (Lipinski definition) is 0. The first-order chi connectivity index (χ1) is 6.32. The Balaban J connectivity index is 3.12. The topological polar surface area (TPSA) is 0 Å². The molecule has 0 aliphatic heterocycles. The van der Waals surface area contributed by atoms with Crippen LogP contribution in [-0.2, 0) is 0 Å². The summed E-state index contributed by atoms with van der Waals surface area (Å²) in [6.45, 7) is 6.67. The molecule has 1 rings (SSSR count). The third-order valence-corrected chi connectivity index (χ3v) is 5.07. The molecular formula is C11H13Br3. The highest BCUT2D eigenvalue weighted by Gasteiger charge is 2.25. The van der Waals surface area contributed by atoms with Gasteiger partial charge in [0.2, 0.25) is 0 Å². The maximum absolute atomic E-state index is 3.74. The van der Waals surface area contributed by atoms with Gasteiger partial charge in [-0.15, -0.1) is 0 Å². The largest absolute Gasteiger partial charge is 0.0833 e. The fourth-order valence-corrected chi connectivity index (χ4v) is 2.72. The summed E-state index contributed by atoms with van der Waals surface area (Å²) in [5, 5.41) is 0. The molecule has 1 atom stereocenters. The van der Waals surface area contributed by atoms with E-state index < -0.39 is 0 Å². The van der Waals surface area contributed by atoms with Gasteiger partial charge >= 0.3 is 0 Å². The molecular weight excluding hydrogens is 372 g/mol. The van der Waals surface area contributed by atoms with E-state index in [9.17, 15) is 0 Å². The van der Waals surface area contributed by atoms with Crippen LogP contribution in [0.5, 0.6) is 0 Å². The molecule has 0 aliphatic carbocycles. The molecule has 0 heterocycles. The Labute approximate surface area is 111 Å². The van der Waals surface area contributed by atoms with Crippen LogP contribution in [0.4, 0.5) is 0 Å². The molecule has 0 spiro atoms. The second kappa shape index (κ2) is 4.67. The first kappa shape index (κ1) is 12.7. The van der Waals surface area contributed by atoms with Crippen molar-refractivity contribution in [1.29, 1.82) is 0 Å². The molecule has 0 saturated carbocycles. The van der Waals surface area contributed by atoms with Crippen LogP contribution in [0, 0.1) is 5.41 Å². The van der Waals surface area contributed by atoms with Crippen LogP contribution in [0.1, 0.15) is 31.2 Å². The van der Waals surface area contributed by atoms with Crippen molar-refractivity contribution in [3.8, 4) is 0 Å². The van der Waals surface area contributed by atoms with E-state index in [4.69, 9.17) is 0 Å². The quantitative estimate of drug-likeness (QED) is 0.545. The van der Waals surface area contributed by atoms with E-state index in [2.05, 4.69) is 80.7 Å². The van der Waals surface area contributed by atoms with Gasteiger partial charge in [0.1, 0.15) is 0 Å². The smallest absolute Gasteiger partial charge is 0.0455 e. The van der Waals surface area contributed by atoms with E-state index in [1.807, 2.05) is 6.07 Å². The lowest BCUT2D eigenvalue weighted by molar-refractivity contribution is 0.406. The summed E-state index contributed by atoms with van der Waals surface area (Å²) < 4.78 is 2.27. The Bertz CT molecular complexity index is 326. The van der Waals surface area contributed by atoms with Gasteiger partial charge in [0.25, 0.3) is 0 Å². The van der Waals surface area contributed by atoms with Gasteiger partial charge in [-0.25, -0.2) is 0 Å². The van der Waals surface area contributed by atoms with Crippen LogP contribution in [0.2, 0.25) is 0 Å². The highest BCUT2D eigenvalue weighted by molar-refractivity contribution is 9.11. The summed E-state index contributed by atoms with van der Waals surface area (Å²) in [5.41, 5.74) is 1.50. The minimum absolute atomic E-state index is 0.212. The standard InChI is InChI=1S/C11H13Br3/c1-11(2,3)10(14)8-6-7(12)4-5-9(8)13/h4-6,10H,1-3H3. The lowest BCUT2D eigenvalue weighted by Gasteiger charge is -2.26. The van der Waals surface area contributed by atoms with Crippen LogP contribution in [-0.4, -0.2) is 0 Å². The highest BCUT2D eigenvalue weighted by Crippen LogP contribution is 2.43. The summed E-state index contributed by atoms with van der Waals surface area (Å²) in [5.74, 6) is 0. The zero-order valence-corrected chi connectivity index (χ0v) is 13.2. The highest BCUT2D eigenvalue weighted by atomic mass is 79.9. The summed E-state index contributed by atoms with van der Waals surface area (Å²) in [4.78, 5) is 0.349. The van der Waals surface area contributed by atoms with Crippen molar-refractivity contribution in [1.82, 2.24) is 0 Å². The van der Waals surface area contributed by atoms with Crippen molar-refractivity contribution >= 4 is 47.8 Å². The summed E-state index contributed by atoms with van der Waals surface area (Å²) in [6.07, 6.45) is 0. The number of halogens is 3. The van der Waals surface area contributed by atoms with Crippen molar-refractivity contribution in [2.75, 3.05) is 0 Å². The molecule has 1 unspecified atom stereocenters. The van der Waals surface area contributed by atoms with Gasteiger partial charge < -0.3 is 0 Å². The normalized spacial score (nSPS) is 14.1. The maximum atomic E-state index is 3.74. The molecule has 0 amide bonds. The molecule has 0 aromatic heterocycles. The molecule has 0 nitrogen and oxygen atoms in total.